The number of carbonyl (C=O) groups excluding carboxylic acids is 5. The number of imide groups is 1. The van der Waals surface area contributed by atoms with Gasteiger partial charge in [-0.25, -0.2) is 36.8 Å². The van der Waals surface area contributed by atoms with Crippen molar-refractivity contribution >= 4 is 41.9 Å². The number of nitrogens with zero attached hydrogens (tertiary/aromatic N) is 4. The van der Waals surface area contributed by atoms with Gasteiger partial charge in [-0.3, -0.25) is 19.4 Å². The van der Waals surface area contributed by atoms with Gasteiger partial charge in [-0.15, -0.1) is 0 Å². The van der Waals surface area contributed by atoms with Gasteiger partial charge in [-0.05, 0) is 129 Å². The highest BCUT2D eigenvalue weighted by Gasteiger charge is 2.41. The summed E-state index contributed by atoms with van der Waals surface area (Å²) in [5.41, 5.74) is -0.372. The molecule has 1 aromatic heterocycles. The normalized spacial score (nSPS) is 16.4. The molecule has 3 amide bonds. The van der Waals surface area contributed by atoms with Gasteiger partial charge in [0, 0.05) is 75.7 Å². The van der Waals surface area contributed by atoms with E-state index in [0.717, 1.165) is 23.1 Å². The van der Waals surface area contributed by atoms with Gasteiger partial charge in [0.15, 0.2) is 0 Å². The van der Waals surface area contributed by atoms with E-state index in [9.17, 15) is 46.3 Å². The molecule has 0 bridgehead atoms. The maximum atomic E-state index is 13.2. The molecule has 0 radical (unpaired) electrons. The van der Waals surface area contributed by atoms with Crippen LogP contribution in [0.2, 0.25) is 0 Å². The Balaban J connectivity index is 0.000000452. The van der Waals surface area contributed by atoms with E-state index in [0.29, 0.717) is 11.6 Å². The van der Waals surface area contributed by atoms with Crippen LogP contribution in [0.5, 0.6) is 0 Å². The van der Waals surface area contributed by atoms with Crippen LogP contribution in [0.3, 0.4) is 0 Å². The summed E-state index contributed by atoms with van der Waals surface area (Å²) in [5, 5.41) is 11.3. The zero-order valence-corrected chi connectivity index (χ0v) is 42.1. The maximum absolute atomic E-state index is 13.2. The lowest BCUT2D eigenvalue weighted by Crippen LogP contribution is -2.37. The number of anilines is 1. The molecule has 2 fully saturated rings. The van der Waals surface area contributed by atoms with Crippen molar-refractivity contribution in [2.75, 3.05) is 51.7 Å². The van der Waals surface area contributed by atoms with E-state index < -0.39 is 94.0 Å². The predicted octanol–water partition coefficient (Wildman–Crippen LogP) is 9.46. The quantitative estimate of drug-likeness (QED) is 0.0984. The van der Waals surface area contributed by atoms with Crippen LogP contribution in [0.1, 0.15) is 112 Å². The van der Waals surface area contributed by atoms with Gasteiger partial charge in [0.1, 0.15) is 46.0 Å². The van der Waals surface area contributed by atoms with Crippen molar-refractivity contribution in [3.05, 3.63) is 95.3 Å². The number of ether oxygens (including phenoxy) is 4. The molecule has 2 aromatic carbocycles. The highest BCUT2D eigenvalue weighted by atomic mass is 19.1. The average molecular weight is 980 g/mol. The van der Waals surface area contributed by atoms with E-state index in [-0.39, 0.29) is 25.1 Å². The molecule has 1 unspecified atom stereocenters. The first-order valence-electron chi connectivity index (χ1n) is 22.2. The number of amides is 3. The molecular weight excluding hydrogens is 911 g/mol. The number of carboxylic acid groups (broad SMARTS) is 1. The first kappa shape index (κ1) is 60.7. The zero-order chi connectivity index (χ0) is 53.0. The number of benzene rings is 2. The van der Waals surface area contributed by atoms with Crippen molar-refractivity contribution in [2.45, 2.75) is 118 Å². The summed E-state index contributed by atoms with van der Waals surface area (Å²) in [5.74, 6) is -7.77. The van der Waals surface area contributed by atoms with Crippen LogP contribution in [0.25, 0.3) is 0 Å². The summed E-state index contributed by atoms with van der Waals surface area (Å²) < 4.78 is 71.4. The van der Waals surface area contributed by atoms with Gasteiger partial charge in [-0.2, -0.15) is 0 Å². The molecule has 0 spiro atoms. The van der Waals surface area contributed by atoms with E-state index in [2.05, 4.69) is 40.7 Å². The van der Waals surface area contributed by atoms with Crippen LogP contribution < -0.4 is 10.2 Å². The molecule has 16 nitrogen and oxygen atoms in total. The smallest absolute Gasteiger partial charge is 0.481 e. The van der Waals surface area contributed by atoms with E-state index in [1.54, 1.807) is 74.7 Å². The number of hydrogen-bond donors (Lipinski definition) is 2. The van der Waals surface area contributed by atoms with E-state index in [4.69, 9.17) is 19.3 Å². The van der Waals surface area contributed by atoms with Crippen LogP contribution in [0.15, 0.2) is 60.9 Å². The second kappa shape index (κ2) is 27.6. The molecule has 0 aliphatic carbocycles. The third-order valence-electron chi connectivity index (χ3n) is 9.32. The second-order valence-electron chi connectivity index (χ2n) is 18.7. The number of aromatic nitrogens is 1. The number of aliphatic carboxylic acids is 1. The third kappa shape index (κ3) is 24.0. The topological polar surface area (TPSA) is 194 Å². The Labute approximate surface area is 402 Å². The monoisotopic (exact) mass is 979 g/mol. The minimum Gasteiger partial charge on any atom is -0.481 e. The number of pyridine rings is 1. The molecule has 2 saturated heterocycles. The molecule has 3 heterocycles. The van der Waals surface area contributed by atoms with E-state index >= 15 is 0 Å². The molecule has 3 aromatic rings. The highest BCUT2D eigenvalue weighted by Crippen LogP contribution is 2.31. The summed E-state index contributed by atoms with van der Waals surface area (Å²) in [4.78, 5) is 77.3. The van der Waals surface area contributed by atoms with Crippen molar-refractivity contribution in [2.24, 2.45) is 5.92 Å². The molecule has 2 aliphatic heterocycles. The van der Waals surface area contributed by atoms with Crippen molar-refractivity contribution in [3.8, 4) is 0 Å². The van der Waals surface area contributed by atoms with Gasteiger partial charge in [0.05, 0.1) is 0 Å². The fraction of sp³-hybridized carbons (Fsp3) is 0.531. The first-order valence-corrected chi connectivity index (χ1v) is 22.2. The number of rotatable bonds is 7. The van der Waals surface area contributed by atoms with Gasteiger partial charge in [0.25, 0.3) is 0 Å². The van der Waals surface area contributed by atoms with E-state index in [1.165, 1.54) is 37.5 Å². The highest BCUT2D eigenvalue weighted by molar-refractivity contribution is 6.00. The number of hydrogen-bond acceptors (Lipinski definition) is 13. The Hall–Kier alpha value is -6.31. The zero-order valence-electron chi connectivity index (χ0n) is 42.1. The van der Waals surface area contributed by atoms with Gasteiger partial charge in [-0.1, -0.05) is 20.8 Å². The number of carbonyl (C=O) groups is 6. The Morgan fingerprint density at radius 1 is 0.710 bits per heavy atom. The summed E-state index contributed by atoms with van der Waals surface area (Å²) in [7, 11) is 4.02. The lowest BCUT2D eigenvalue weighted by molar-refractivity contribution is -0.146. The minimum absolute atomic E-state index is 0.0299. The third-order valence-corrected chi connectivity index (χ3v) is 9.32. The summed E-state index contributed by atoms with van der Waals surface area (Å²) >= 11 is 0. The number of halogens is 4. The van der Waals surface area contributed by atoms with Crippen LogP contribution >= 0.6 is 0 Å². The van der Waals surface area contributed by atoms with E-state index in [1.807, 2.05) is 31.1 Å². The first-order chi connectivity index (χ1) is 31.8. The standard InChI is InChI=1S/C15H17F2NO3.C11H9F2NO3.C10H18O5.C7H10N2.C6H15N/c1-15(2,3)21-14(20)18-8-10(6-13(18)19)9-4-11(16)7-12(17)5-9;12-6-1-5(2-7(13)3-6)8-4-14-10(15)9(8)11(16)17;1-9(2,3)14-7(11)13-8(12)15-10(4,5)6;1-9(2)7-3-5-8-6-4-7;1-4-7(5-2)6-3/h4-5,7,10H,6,8H2,1-3H3;1-3,8-9H,4H2,(H,14,15)(H,16,17);1-6H3;3-6H,1-2H3;4-6H2,1-3H3/t10-;8-,9?;;;/m00.../s1. The molecule has 3 atom stereocenters. The largest absolute Gasteiger partial charge is 0.519 e. The molecular formula is C49H69F4N5O11. The van der Waals surface area contributed by atoms with Gasteiger partial charge < -0.3 is 39.2 Å². The van der Waals surface area contributed by atoms with Gasteiger partial charge >= 0.3 is 24.4 Å². The summed E-state index contributed by atoms with van der Waals surface area (Å²) in [6.07, 6.45) is 0.757. The molecule has 2 aliphatic rings. The average Bonchev–Trinajstić information content (AvgIpc) is 3.80. The molecule has 2 N–H and O–H groups in total. The number of carboxylic acids is 1. The van der Waals surface area contributed by atoms with Crippen molar-refractivity contribution in [1.29, 1.82) is 0 Å². The van der Waals surface area contributed by atoms with Crippen molar-refractivity contribution in [1.82, 2.24) is 20.1 Å². The van der Waals surface area contributed by atoms with Crippen molar-refractivity contribution in [3.63, 3.8) is 0 Å². The van der Waals surface area contributed by atoms with Crippen molar-refractivity contribution < 1.29 is 70.4 Å². The van der Waals surface area contributed by atoms with Crippen LogP contribution in [0.4, 0.5) is 37.6 Å². The van der Waals surface area contributed by atoms with Gasteiger partial charge in [0.2, 0.25) is 11.8 Å². The lowest BCUT2D eigenvalue weighted by atomic mass is 9.88. The summed E-state index contributed by atoms with van der Waals surface area (Å²) in [6, 6.07) is 9.86. The number of likely N-dealkylation sites (tertiary alicyclic amines) is 1. The number of nitrogens with one attached hydrogen (secondary N) is 1. The van der Waals surface area contributed by atoms with Crippen LogP contribution in [-0.4, -0.2) is 120 Å². The SMILES string of the molecule is CC(C)(C)OC(=O)N1C[C@@H](c2cc(F)cc(F)c2)CC1=O.CC(C)(C)OC(=O)OC(=O)OC(C)(C)C.CCN(CC)CC.CN(C)c1ccncc1.O=C(O)C1C(=O)NC[C@H]1c1cc(F)cc(F)c1. The summed E-state index contributed by atoms with van der Waals surface area (Å²) in [6.45, 7) is 25.4. The Bertz CT molecular complexity index is 2080. The van der Waals surface area contributed by atoms with Crippen LogP contribution in [0, 0.1) is 29.2 Å². The molecule has 0 saturated carbocycles. The predicted molar refractivity (Wildman–Crippen MR) is 250 cm³/mol. The molecule has 20 heteroatoms. The fourth-order valence-corrected chi connectivity index (χ4v) is 6.16. The molecule has 69 heavy (non-hydrogen) atoms. The maximum Gasteiger partial charge on any atom is 0.519 e. The second-order valence-corrected chi connectivity index (χ2v) is 18.7. The van der Waals surface area contributed by atoms with Crippen LogP contribution in [-0.2, 0) is 33.3 Å². The lowest BCUT2D eigenvalue weighted by Gasteiger charge is -2.23. The molecule has 384 valence electrons. The Morgan fingerprint density at radius 3 is 1.48 bits per heavy atom. The molecule has 5 rings (SSSR count). The Kier molecular flexibility index (Phi) is 24.3. The fourth-order valence-electron chi connectivity index (χ4n) is 6.16. The minimum atomic E-state index is -1.30. The Morgan fingerprint density at radius 2 is 1.13 bits per heavy atom.